The predicted molar refractivity (Wildman–Crippen MR) is 114 cm³/mol. The molecule has 3 aromatic rings. The third-order valence-corrected chi connectivity index (χ3v) is 6.09. The maximum Gasteiger partial charge on any atom is 0.257 e. The highest BCUT2D eigenvalue weighted by atomic mass is 35.5. The van der Waals surface area contributed by atoms with Gasteiger partial charge >= 0.3 is 0 Å². The topological polar surface area (TPSA) is 54.9 Å². The monoisotopic (exact) mass is 410 g/mol. The summed E-state index contributed by atoms with van der Waals surface area (Å²) in [6.07, 6.45) is 7.77. The maximum absolute atomic E-state index is 12.5. The van der Waals surface area contributed by atoms with Crippen molar-refractivity contribution in [3.63, 3.8) is 0 Å². The van der Waals surface area contributed by atoms with Crippen LogP contribution < -0.4 is 5.32 Å². The Morgan fingerprint density at radius 2 is 1.89 bits per heavy atom. The summed E-state index contributed by atoms with van der Waals surface area (Å²) in [6.45, 7) is 0. The molecule has 0 aliphatic heterocycles. The highest BCUT2D eigenvalue weighted by Gasteiger charge is 2.16. The van der Waals surface area contributed by atoms with E-state index < -0.39 is 0 Å². The average molecular weight is 411 g/mol. The molecule has 4 rings (SSSR count). The number of halogens is 1. The summed E-state index contributed by atoms with van der Waals surface area (Å²) in [4.78, 5) is 12.5. The molecule has 6 heteroatoms. The number of aromatic nitrogens is 2. The molecule has 1 aliphatic carbocycles. The molecule has 0 bridgehead atoms. The second-order valence-electron chi connectivity index (χ2n) is 7.02. The lowest BCUT2D eigenvalue weighted by Gasteiger charge is -2.21. The number of carbonyl (C=O) groups excluding carboxylic acids is 1. The molecule has 28 heavy (non-hydrogen) atoms. The standard InChI is InChI=1S/C22H21ClN3OS/c23-19-8-4-5-15(13-19)14-20-25-26-22(28-20)24-21(27)18-11-9-17(10-12-18)16-6-2-1-3-7-16/h1,4-5,8-13,16H,2-3,6-7,14H2,(H,24,26,27). The summed E-state index contributed by atoms with van der Waals surface area (Å²) < 4.78 is 0. The minimum absolute atomic E-state index is 0.158. The number of hydrogen-bond acceptors (Lipinski definition) is 4. The van der Waals surface area contributed by atoms with Crippen LogP contribution in [0.3, 0.4) is 0 Å². The van der Waals surface area contributed by atoms with Gasteiger partial charge in [-0.3, -0.25) is 10.1 Å². The van der Waals surface area contributed by atoms with E-state index in [9.17, 15) is 4.79 Å². The SMILES string of the molecule is O=C(Nc1nnc(Cc2cccc(Cl)c2)s1)c1ccc(C2CC[CH]CC2)cc1. The van der Waals surface area contributed by atoms with Crippen LogP contribution >= 0.6 is 22.9 Å². The quantitative estimate of drug-likeness (QED) is 0.570. The van der Waals surface area contributed by atoms with Crippen LogP contribution in [0.2, 0.25) is 5.02 Å². The van der Waals surface area contributed by atoms with Crippen LogP contribution in [0.5, 0.6) is 0 Å². The first kappa shape index (κ1) is 19.1. The molecule has 1 aromatic heterocycles. The number of benzene rings is 2. The Morgan fingerprint density at radius 3 is 2.64 bits per heavy atom. The van der Waals surface area contributed by atoms with Crippen LogP contribution in [0.25, 0.3) is 0 Å². The van der Waals surface area contributed by atoms with Gasteiger partial charge in [0.2, 0.25) is 5.13 Å². The Kier molecular flexibility index (Phi) is 6.03. The van der Waals surface area contributed by atoms with Gasteiger partial charge in [-0.1, -0.05) is 47.2 Å². The van der Waals surface area contributed by atoms with Gasteiger partial charge in [-0.25, -0.2) is 0 Å². The minimum Gasteiger partial charge on any atom is -0.296 e. The van der Waals surface area contributed by atoms with E-state index in [1.807, 2.05) is 36.4 Å². The van der Waals surface area contributed by atoms with E-state index in [4.69, 9.17) is 11.6 Å². The van der Waals surface area contributed by atoms with Gasteiger partial charge in [0.15, 0.2) is 0 Å². The van der Waals surface area contributed by atoms with Crippen molar-refractivity contribution in [1.82, 2.24) is 10.2 Å². The molecule has 0 unspecified atom stereocenters. The van der Waals surface area contributed by atoms with Crippen molar-refractivity contribution in [3.05, 3.63) is 81.7 Å². The number of nitrogens with one attached hydrogen (secondary N) is 1. The van der Waals surface area contributed by atoms with Crippen molar-refractivity contribution < 1.29 is 4.79 Å². The summed E-state index contributed by atoms with van der Waals surface area (Å²) in [5.41, 5.74) is 3.03. The molecule has 143 valence electrons. The zero-order valence-corrected chi connectivity index (χ0v) is 17.0. The number of hydrogen-bond donors (Lipinski definition) is 1. The summed E-state index contributed by atoms with van der Waals surface area (Å²) in [5.74, 6) is 0.452. The third-order valence-electron chi connectivity index (χ3n) is 5.01. The van der Waals surface area contributed by atoms with E-state index in [0.717, 1.165) is 10.6 Å². The summed E-state index contributed by atoms with van der Waals surface area (Å²) in [7, 11) is 0. The molecule has 1 saturated carbocycles. The average Bonchev–Trinajstić information content (AvgIpc) is 3.15. The van der Waals surface area contributed by atoms with Crippen molar-refractivity contribution in [2.24, 2.45) is 0 Å². The normalized spacial score (nSPS) is 14.8. The van der Waals surface area contributed by atoms with Gasteiger partial charge in [-0.05, 0) is 73.4 Å². The predicted octanol–water partition coefficient (Wildman–Crippen LogP) is 5.90. The number of amides is 1. The number of nitrogens with zero attached hydrogens (tertiary/aromatic N) is 2. The van der Waals surface area contributed by atoms with Gasteiger partial charge in [0, 0.05) is 17.0 Å². The summed E-state index contributed by atoms with van der Waals surface area (Å²) >= 11 is 7.40. The first-order valence-corrected chi connectivity index (χ1v) is 10.7. The third kappa shape index (κ3) is 4.78. The Balaban J connectivity index is 1.37. The first-order valence-electron chi connectivity index (χ1n) is 9.47. The van der Waals surface area contributed by atoms with Crippen molar-refractivity contribution in [1.29, 1.82) is 0 Å². The Morgan fingerprint density at radius 1 is 1.11 bits per heavy atom. The number of anilines is 1. The molecular weight excluding hydrogens is 390 g/mol. The van der Waals surface area contributed by atoms with Crippen LogP contribution in [0.1, 0.15) is 58.1 Å². The van der Waals surface area contributed by atoms with Gasteiger partial charge in [0.25, 0.3) is 5.91 Å². The molecule has 4 nitrogen and oxygen atoms in total. The molecule has 1 amide bonds. The molecule has 1 N–H and O–H groups in total. The van der Waals surface area contributed by atoms with Gasteiger partial charge in [0.1, 0.15) is 5.01 Å². The van der Waals surface area contributed by atoms with E-state index in [0.29, 0.717) is 28.1 Å². The molecule has 1 fully saturated rings. The minimum atomic E-state index is -0.158. The smallest absolute Gasteiger partial charge is 0.257 e. The highest BCUT2D eigenvalue weighted by molar-refractivity contribution is 7.15. The van der Waals surface area contributed by atoms with Crippen molar-refractivity contribution in [2.75, 3.05) is 5.32 Å². The van der Waals surface area contributed by atoms with E-state index in [2.05, 4.69) is 34.1 Å². The fourth-order valence-corrected chi connectivity index (χ4v) is 4.52. The molecule has 0 spiro atoms. The van der Waals surface area contributed by atoms with Gasteiger partial charge in [0.05, 0.1) is 0 Å². The number of carbonyl (C=O) groups is 1. The zero-order valence-electron chi connectivity index (χ0n) is 15.4. The summed E-state index contributed by atoms with van der Waals surface area (Å²) in [6, 6.07) is 15.6. The van der Waals surface area contributed by atoms with Crippen LogP contribution in [-0.4, -0.2) is 16.1 Å². The number of rotatable bonds is 5. The van der Waals surface area contributed by atoms with Crippen LogP contribution in [0.4, 0.5) is 5.13 Å². The maximum atomic E-state index is 12.5. The zero-order chi connectivity index (χ0) is 19.3. The molecule has 1 radical (unpaired) electrons. The lowest BCUT2D eigenvalue weighted by atomic mass is 9.84. The Hall–Kier alpha value is -2.24. The van der Waals surface area contributed by atoms with E-state index in [-0.39, 0.29) is 5.91 Å². The van der Waals surface area contributed by atoms with Crippen molar-refractivity contribution >= 4 is 34.0 Å². The van der Waals surface area contributed by atoms with E-state index >= 15 is 0 Å². The van der Waals surface area contributed by atoms with Crippen LogP contribution in [0, 0.1) is 6.42 Å². The van der Waals surface area contributed by atoms with Gasteiger partial charge in [-0.15, -0.1) is 10.2 Å². The highest BCUT2D eigenvalue weighted by Crippen LogP contribution is 2.32. The lowest BCUT2D eigenvalue weighted by molar-refractivity contribution is 0.102. The summed E-state index contributed by atoms with van der Waals surface area (Å²) in [5, 5.41) is 13.2. The van der Waals surface area contributed by atoms with Gasteiger partial charge in [-0.2, -0.15) is 0 Å². The molecular formula is C22H21ClN3OS. The lowest BCUT2D eigenvalue weighted by Crippen LogP contribution is -2.12. The largest absolute Gasteiger partial charge is 0.296 e. The second kappa shape index (κ2) is 8.84. The molecule has 2 aromatic carbocycles. The molecule has 0 saturated heterocycles. The molecule has 0 atom stereocenters. The molecule has 1 aliphatic rings. The van der Waals surface area contributed by atoms with Crippen molar-refractivity contribution in [3.8, 4) is 0 Å². The fraction of sp³-hybridized carbons (Fsp3) is 0.273. The van der Waals surface area contributed by atoms with Crippen LogP contribution in [-0.2, 0) is 6.42 Å². The first-order chi connectivity index (χ1) is 13.7. The van der Waals surface area contributed by atoms with E-state index in [1.54, 1.807) is 0 Å². The fourth-order valence-electron chi connectivity index (χ4n) is 3.53. The second-order valence-corrected chi connectivity index (χ2v) is 8.52. The van der Waals surface area contributed by atoms with Gasteiger partial charge < -0.3 is 0 Å². The molecule has 1 heterocycles. The Labute approximate surface area is 174 Å². The van der Waals surface area contributed by atoms with Crippen molar-refractivity contribution in [2.45, 2.75) is 38.0 Å². The Bertz CT molecular complexity index is 948. The van der Waals surface area contributed by atoms with E-state index in [1.165, 1.54) is 42.6 Å². The van der Waals surface area contributed by atoms with Crippen LogP contribution in [0.15, 0.2) is 48.5 Å².